The molecule has 0 bridgehead atoms. The summed E-state index contributed by atoms with van der Waals surface area (Å²) in [6, 6.07) is 27.1. The predicted octanol–water partition coefficient (Wildman–Crippen LogP) is 7.93. The quantitative estimate of drug-likeness (QED) is 0.223. The number of thioether (sulfide) groups is 1. The van der Waals surface area contributed by atoms with Crippen LogP contribution in [0.15, 0.2) is 89.3 Å². The maximum atomic E-state index is 14.6. The van der Waals surface area contributed by atoms with E-state index in [0.717, 1.165) is 38.6 Å². The number of aliphatic carboxylic acids is 1. The topological polar surface area (TPSA) is 59.7 Å². The third-order valence-electron chi connectivity index (χ3n) is 6.12. The van der Waals surface area contributed by atoms with E-state index in [9.17, 15) is 9.18 Å². The molecule has 1 aromatic heterocycles. The molecule has 1 heterocycles. The Morgan fingerprint density at radius 2 is 1.81 bits per heavy atom. The van der Waals surface area contributed by atoms with Crippen molar-refractivity contribution < 1.29 is 23.4 Å². The highest BCUT2D eigenvalue weighted by molar-refractivity contribution is 7.98. The zero-order valence-corrected chi connectivity index (χ0v) is 20.6. The van der Waals surface area contributed by atoms with Crippen molar-refractivity contribution in [2.24, 2.45) is 5.92 Å². The third kappa shape index (κ3) is 5.09. The molecular weight excluding hydrogens is 475 g/mol. The molecule has 0 saturated heterocycles. The number of rotatable bonds is 9. The fraction of sp³-hybridized carbons (Fsp3) is 0.167. The maximum Gasteiger partial charge on any atom is 0.307 e. The first-order valence-corrected chi connectivity index (χ1v) is 12.9. The summed E-state index contributed by atoms with van der Waals surface area (Å²) in [5, 5.41) is 11.1. The molecule has 0 aliphatic heterocycles. The van der Waals surface area contributed by atoms with Crippen LogP contribution in [0.1, 0.15) is 18.1 Å². The van der Waals surface area contributed by atoms with Crippen LogP contribution in [0.3, 0.4) is 0 Å². The Hall–Kier alpha value is -3.77. The Morgan fingerprint density at radius 1 is 1.00 bits per heavy atom. The number of fused-ring (bicyclic) bond motifs is 3. The van der Waals surface area contributed by atoms with Gasteiger partial charge in [0.25, 0.3) is 0 Å². The first kappa shape index (κ1) is 23.9. The van der Waals surface area contributed by atoms with Gasteiger partial charge in [0.05, 0.1) is 5.92 Å². The van der Waals surface area contributed by atoms with Crippen molar-refractivity contribution in [2.45, 2.75) is 19.3 Å². The molecule has 36 heavy (non-hydrogen) atoms. The number of para-hydroxylation sites is 2. The molecule has 5 aromatic rings. The first-order chi connectivity index (χ1) is 17.5. The van der Waals surface area contributed by atoms with Gasteiger partial charge >= 0.3 is 5.97 Å². The van der Waals surface area contributed by atoms with E-state index in [4.69, 9.17) is 14.3 Å². The lowest BCUT2D eigenvalue weighted by Gasteiger charge is -2.11. The fourth-order valence-corrected chi connectivity index (χ4v) is 5.19. The average molecular weight is 501 g/mol. The van der Waals surface area contributed by atoms with Gasteiger partial charge < -0.3 is 14.3 Å². The van der Waals surface area contributed by atoms with Gasteiger partial charge in [0.1, 0.15) is 29.3 Å². The number of halogens is 1. The van der Waals surface area contributed by atoms with E-state index < -0.39 is 11.9 Å². The molecule has 4 aromatic carbocycles. The number of carboxylic acid groups (broad SMARTS) is 1. The van der Waals surface area contributed by atoms with E-state index in [1.807, 2.05) is 48.5 Å². The molecule has 0 aliphatic carbocycles. The van der Waals surface area contributed by atoms with Gasteiger partial charge in [-0.3, -0.25) is 4.79 Å². The largest absolute Gasteiger partial charge is 0.489 e. The van der Waals surface area contributed by atoms with E-state index in [0.29, 0.717) is 29.4 Å². The Balaban J connectivity index is 1.29. The van der Waals surface area contributed by atoms with Crippen molar-refractivity contribution in [3.05, 3.63) is 102 Å². The number of furan rings is 1. The molecule has 0 amide bonds. The summed E-state index contributed by atoms with van der Waals surface area (Å²) in [7, 11) is 0. The van der Waals surface area contributed by atoms with Gasteiger partial charge in [0, 0.05) is 33.9 Å². The molecule has 5 rings (SSSR count). The zero-order chi connectivity index (χ0) is 25.1. The second-order valence-electron chi connectivity index (χ2n) is 8.78. The Morgan fingerprint density at radius 3 is 2.64 bits per heavy atom. The van der Waals surface area contributed by atoms with Gasteiger partial charge in [0.2, 0.25) is 0 Å². The van der Waals surface area contributed by atoms with E-state index in [2.05, 4.69) is 18.2 Å². The van der Waals surface area contributed by atoms with Gasteiger partial charge in [-0.05, 0) is 34.9 Å². The Labute approximate surface area is 212 Å². The summed E-state index contributed by atoms with van der Waals surface area (Å²) in [5.41, 5.74) is 5.24. The SMILES string of the molecule is CC(CSCc1ccc(OCc2cccc(-c3cccc4c3oc3ccccc34)c2)cc1F)C(=O)O. The van der Waals surface area contributed by atoms with Crippen LogP contribution < -0.4 is 4.74 Å². The van der Waals surface area contributed by atoms with E-state index in [-0.39, 0.29) is 5.82 Å². The van der Waals surface area contributed by atoms with Crippen molar-refractivity contribution >= 4 is 39.7 Å². The molecule has 0 fully saturated rings. The standard InChI is InChI=1S/C30H25FO4S/c1-19(30(32)33)17-36-18-22-12-13-23(15-27(22)31)34-16-20-6-4-7-21(14-20)24-9-5-10-26-25-8-2-3-11-28(25)35-29(24)26/h2-15,19H,16-18H2,1H3,(H,32,33). The highest BCUT2D eigenvalue weighted by Gasteiger charge is 2.13. The molecule has 4 nitrogen and oxygen atoms in total. The van der Waals surface area contributed by atoms with Gasteiger partial charge in [-0.1, -0.05) is 67.6 Å². The van der Waals surface area contributed by atoms with Crippen molar-refractivity contribution in [3.63, 3.8) is 0 Å². The summed E-state index contributed by atoms with van der Waals surface area (Å²) in [6.45, 7) is 1.95. The smallest absolute Gasteiger partial charge is 0.307 e. The molecule has 1 unspecified atom stereocenters. The van der Waals surface area contributed by atoms with E-state index in [1.54, 1.807) is 19.1 Å². The van der Waals surface area contributed by atoms with Crippen LogP contribution in [0.2, 0.25) is 0 Å². The maximum absolute atomic E-state index is 14.6. The predicted molar refractivity (Wildman–Crippen MR) is 143 cm³/mol. The monoisotopic (exact) mass is 500 g/mol. The molecule has 1 atom stereocenters. The highest BCUT2D eigenvalue weighted by atomic mass is 32.2. The lowest BCUT2D eigenvalue weighted by molar-refractivity contribution is -0.140. The molecular formula is C30H25FO4S. The van der Waals surface area contributed by atoms with Gasteiger partial charge in [0.15, 0.2) is 0 Å². The number of hydrogen-bond donors (Lipinski definition) is 1. The van der Waals surface area contributed by atoms with Crippen molar-refractivity contribution in [1.82, 2.24) is 0 Å². The number of hydrogen-bond acceptors (Lipinski definition) is 4. The first-order valence-electron chi connectivity index (χ1n) is 11.7. The molecule has 0 spiro atoms. The average Bonchev–Trinajstić information content (AvgIpc) is 3.27. The summed E-state index contributed by atoms with van der Waals surface area (Å²) in [4.78, 5) is 10.9. The summed E-state index contributed by atoms with van der Waals surface area (Å²) in [6.07, 6.45) is 0. The van der Waals surface area contributed by atoms with E-state index >= 15 is 0 Å². The molecule has 0 saturated carbocycles. The van der Waals surface area contributed by atoms with Crippen LogP contribution >= 0.6 is 11.8 Å². The van der Waals surface area contributed by atoms with E-state index in [1.165, 1.54) is 17.8 Å². The Kier molecular flexibility index (Phi) is 6.96. The van der Waals surface area contributed by atoms with Crippen LogP contribution in [0, 0.1) is 11.7 Å². The number of carbonyl (C=O) groups is 1. The van der Waals surface area contributed by atoms with Crippen LogP contribution in [0.4, 0.5) is 4.39 Å². The van der Waals surface area contributed by atoms with Crippen LogP contribution in [0.25, 0.3) is 33.1 Å². The highest BCUT2D eigenvalue weighted by Crippen LogP contribution is 2.36. The molecule has 182 valence electrons. The summed E-state index contributed by atoms with van der Waals surface area (Å²) >= 11 is 1.41. The summed E-state index contributed by atoms with van der Waals surface area (Å²) < 4.78 is 26.6. The molecule has 0 radical (unpaired) electrons. The summed E-state index contributed by atoms with van der Waals surface area (Å²) in [5.74, 6) is -0.358. The molecule has 0 aliphatic rings. The van der Waals surface area contributed by atoms with Crippen molar-refractivity contribution in [1.29, 1.82) is 0 Å². The molecule has 1 N–H and O–H groups in total. The minimum atomic E-state index is -0.843. The lowest BCUT2D eigenvalue weighted by Crippen LogP contribution is -2.11. The second-order valence-corrected chi connectivity index (χ2v) is 9.81. The van der Waals surface area contributed by atoms with Gasteiger partial charge in [-0.15, -0.1) is 0 Å². The van der Waals surface area contributed by atoms with Crippen LogP contribution in [-0.4, -0.2) is 16.8 Å². The number of benzene rings is 4. The third-order valence-corrected chi connectivity index (χ3v) is 7.37. The normalized spacial score (nSPS) is 12.2. The number of carboxylic acids is 1. The second kappa shape index (κ2) is 10.5. The van der Waals surface area contributed by atoms with Crippen LogP contribution in [0.5, 0.6) is 5.75 Å². The van der Waals surface area contributed by atoms with Crippen molar-refractivity contribution in [3.8, 4) is 16.9 Å². The fourth-order valence-electron chi connectivity index (χ4n) is 4.12. The lowest BCUT2D eigenvalue weighted by atomic mass is 10.0. The minimum absolute atomic E-state index is 0.299. The van der Waals surface area contributed by atoms with Gasteiger partial charge in [-0.25, -0.2) is 4.39 Å². The number of ether oxygens (including phenoxy) is 1. The van der Waals surface area contributed by atoms with Crippen LogP contribution in [-0.2, 0) is 17.2 Å². The zero-order valence-electron chi connectivity index (χ0n) is 19.7. The Bertz CT molecular complexity index is 1540. The molecule has 6 heteroatoms. The minimum Gasteiger partial charge on any atom is -0.489 e. The van der Waals surface area contributed by atoms with Gasteiger partial charge in [-0.2, -0.15) is 11.8 Å². The van der Waals surface area contributed by atoms with Crippen molar-refractivity contribution in [2.75, 3.05) is 5.75 Å².